The number of carbonyl (C=O) groups excluding carboxylic acids is 1. The zero-order valence-corrected chi connectivity index (χ0v) is 12.6. The van der Waals surface area contributed by atoms with E-state index in [1.807, 2.05) is 12.3 Å². The lowest BCUT2D eigenvalue weighted by Gasteiger charge is -2.35. The summed E-state index contributed by atoms with van der Waals surface area (Å²) >= 11 is 0. The molecule has 7 heteroatoms. The molecule has 1 fully saturated rings. The molecule has 1 unspecified atom stereocenters. The van der Waals surface area contributed by atoms with Crippen LogP contribution in [0.25, 0.3) is 5.69 Å². The second kappa shape index (κ2) is 6.21. The fourth-order valence-electron chi connectivity index (χ4n) is 2.61. The smallest absolute Gasteiger partial charge is 0.334 e. The first kappa shape index (κ1) is 15.2. The molecular weight excluding hydrogens is 298 g/mol. The molecule has 1 aromatic heterocycles. The Labute approximate surface area is 133 Å². The van der Waals surface area contributed by atoms with Gasteiger partial charge in [0.1, 0.15) is 0 Å². The third-order valence-corrected chi connectivity index (χ3v) is 3.71. The normalized spacial score (nSPS) is 21.2. The zero-order chi connectivity index (χ0) is 16.4. The minimum Gasteiger partial charge on any atom is -0.479 e. The van der Waals surface area contributed by atoms with Gasteiger partial charge in [-0.3, -0.25) is 4.79 Å². The van der Waals surface area contributed by atoms with Crippen LogP contribution in [0.4, 0.5) is 0 Å². The summed E-state index contributed by atoms with van der Waals surface area (Å²) in [6.07, 6.45) is 2.21. The van der Waals surface area contributed by atoms with Crippen molar-refractivity contribution in [3.05, 3.63) is 48.3 Å². The van der Waals surface area contributed by atoms with Crippen molar-refractivity contribution in [2.45, 2.75) is 19.1 Å². The minimum absolute atomic E-state index is 0.0550. The van der Waals surface area contributed by atoms with Crippen LogP contribution in [0, 0.1) is 0 Å². The van der Waals surface area contributed by atoms with Gasteiger partial charge in [0.15, 0.2) is 6.10 Å². The van der Waals surface area contributed by atoms with Crippen LogP contribution in [0.5, 0.6) is 0 Å². The number of benzene rings is 1. The van der Waals surface area contributed by atoms with Crippen LogP contribution >= 0.6 is 0 Å². The SMILES string of the molecule is C[C@@H]1CN(C(=O)c2ccc(-n3cccn3)cc2)CC(C(=O)O)O1. The largest absolute Gasteiger partial charge is 0.479 e. The molecule has 1 aromatic carbocycles. The Bertz CT molecular complexity index is 697. The number of morpholine rings is 1. The van der Waals surface area contributed by atoms with Crippen LogP contribution in [0.1, 0.15) is 17.3 Å². The molecule has 0 aliphatic carbocycles. The molecule has 7 nitrogen and oxygen atoms in total. The highest BCUT2D eigenvalue weighted by molar-refractivity contribution is 5.94. The van der Waals surface area contributed by atoms with Gasteiger partial charge in [-0.1, -0.05) is 0 Å². The number of nitrogens with zero attached hydrogens (tertiary/aromatic N) is 3. The first-order valence-electron chi connectivity index (χ1n) is 7.32. The van der Waals surface area contributed by atoms with Gasteiger partial charge in [0.25, 0.3) is 5.91 Å². The highest BCUT2D eigenvalue weighted by Gasteiger charge is 2.32. The van der Waals surface area contributed by atoms with Crippen LogP contribution in [0.2, 0.25) is 0 Å². The average Bonchev–Trinajstić information content (AvgIpc) is 3.08. The lowest BCUT2D eigenvalue weighted by molar-refractivity contribution is -0.160. The van der Waals surface area contributed by atoms with Gasteiger partial charge in [0.2, 0.25) is 0 Å². The van der Waals surface area contributed by atoms with Crippen molar-refractivity contribution in [3.8, 4) is 5.69 Å². The number of amides is 1. The number of aromatic nitrogens is 2. The molecule has 0 saturated carbocycles. The molecule has 1 N–H and O–H groups in total. The average molecular weight is 315 g/mol. The van der Waals surface area contributed by atoms with Gasteiger partial charge in [-0.2, -0.15) is 5.10 Å². The summed E-state index contributed by atoms with van der Waals surface area (Å²) in [5, 5.41) is 13.2. The van der Waals surface area contributed by atoms with E-state index in [-0.39, 0.29) is 18.6 Å². The van der Waals surface area contributed by atoms with Crippen LogP contribution in [-0.4, -0.2) is 57.0 Å². The summed E-state index contributed by atoms with van der Waals surface area (Å²) < 4.78 is 7.03. The lowest BCUT2D eigenvalue weighted by Crippen LogP contribution is -2.51. The summed E-state index contributed by atoms with van der Waals surface area (Å²) in [7, 11) is 0. The molecule has 1 amide bonds. The Morgan fingerprint density at radius 1 is 1.26 bits per heavy atom. The molecule has 2 aromatic rings. The third kappa shape index (κ3) is 3.24. The summed E-state index contributed by atoms with van der Waals surface area (Å²) in [6, 6.07) is 8.86. The Morgan fingerprint density at radius 3 is 2.61 bits per heavy atom. The topological polar surface area (TPSA) is 84.7 Å². The van der Waals surface area contributed by atoms with Crippen molar-refractivity contribution >= 4 is 11.9 Å². The number of carboxylic acids is 1. The minimum atomic E-state index is -1.05. The molecule has 2 atom stereocenters. The molecule has 23 heavy (non-hydrogen) atoms. The summed E-state index contributed by atoms with van der Waals surface area (Å²) in [6.45, 7) is 2.19. The van der Waals surface area contributed by atoms with Crippen molar-refractivity contribution in [1.82, 2.24) is 14.7 Å². The van der Waals surface area contributed by atoms with Crippen molar-refractivity contribution in [2.24, 2.45) is 0 Å². The molecule has 3 rings (SSSR count). The molecule has 120 valence electrons. The third-order valence-electron chi connectivity index (χ3n) is 3.71. The molecule has 1 saturated heterocycles. The van der Waals surface area contributed by atoms with Crippen LogP contribution < -0.4 is 0 Å². The van der Waals surface area contributed by atoms with E-state index >= 15 is 0 Å². The van der Waals surface area contributed by atoms with Gasteiger partial charge in [-0.15, -0.1) is 0 Å². The van der Waals surface area contributed by atoms with Gasteiger partial charge in [0, 0.05) is 24.5 Å². The van der Waals surface area contributed by atoms with Gasteiger partial charge >= 0.3 is 5.97 Å². The molecular formula is C16H17N3O4. The first-order chi connectivity index (χ1) is 11.0. The van der Waals surface area contributed by atoms with E-state index in [1.54, 1.807) is 42.1 Å². The Kier molecular flexibility index (Phi) is 4.12. The summed E-state index contributed by atoms with van der Waals surface area (Å²) in [4.78, 5) is 25.2. The van der Waals surface area contributed by atoms with Gasteiger partial charge in [-0.25, -0.2) is 9.48 Å². The summed E-state index contributed by atoms with van der Waals surface area (Å²) in [5.74, 6) is -1.25. The summed E-state index contributed by atoms with van der Waals surface area (Å²) in [5.41, 5.74) is 1.37. The Morgan fingerprint density at radius 2 is 2.00 bits per heavy atom. The number of hydrogen-bond acceptors (Lipinski definition) is 4. The maximum Gasteiger partial charge on any atom is 0.334 e. The quantitative estimate of drug-likeness (QED) is 0.919. The molecule has 1 aliphatic heterocycles. The fraction of sp³-hybridized carbons (Fsp3) is 0.312. The molecule has 0 radical (unpaired) electrons. The van der Waals surface area contributed by atoms with Gasteiger partial charge < -0.3 is 14.7 Å². The van der Waals surface area contributed by atoms with Crippen LogP contribution in [0.15, 0.2) is 42.7 Å². The maximum atomic E-state index is 12.6. The second-order valence-electron chi connectivity index (χ2n) is 5.48. The Hall–Kier alpha value is -2.67. The lowest BCUT2D eigenvalue weighted by atomic mass is 10.1. The number of ether oxygens (including phenoxy) is 1. The number of carboxylic acid groups (broad SMARTS) is 1. The van der Waals surface area contributed by atoms with E-state index in [0.29, 0.717) is 12.1 Å². The number of carbonyl (C=O) groups is 2. The van der Waals surface area contributed by atoms with Crippen molar-refractivity contribution in [3.63, 3.8) is 0 Å². The highest BCUT2D eigenvalue weighted by Crippen LogP contribution is 2.16. The van der Waals surface area contributed by atoms with Gasteiger partial charge in [-0.05, 0) is 37.3 Å². The zero-order valence-electron chi connectivity index (χ0n) is 12.6. The number of rotatable bonds is 3. The standard InChI is InChI=1S/C16H17N3O4/c1-11-9-18(10-14(23-11)16(21)22)15(20)12-3-5-13(6-4-12)19-8-2-7-17-19/h2-8,11,14H,9-10H2,1H3,(H,21,22)/t11-,14?/m1/s1. The number of hydrogen-bond donors (Lipinski definition) is 1. The van der Waals surface area contributed by atoms with E-state index in [9.17, 15) is 9.59 Å². The van der Waals surface area contributed by atoms with Crippen LogP contribution in [0.3, 0.4) is 0 Å². The molecule has 2 heterocycles. The first-order valence-corrected chi connectivity index (χ1v) is 7.32. The number of aliphatic carboxylic acids is 1. The molecule has 1 aliphatic rings. The van der Waals surface area contributed by atoms with Crippen molar-refractivity contribution < 1.29 is 19.4 Å². The van der Waals surface area contributed by atoms with E-state index in [1.165, 1.54) is 4.90 Å². The van der Waals surface area contributed by atoms with Crippen molar-refractivity contribution in [1.29, 1.82) is 0 Å². The van der Waals surface area contributed by atoms with E-state index < -0.39 is 12.1 Å². The van der Waals surface area contributed by atoms with E-state index in [2.05, 4.69) is 5.10 Å². The monoisotopic (exact) mass is 315 g/mol. The van der Waals surface area contributed by atoms with Crippen molar-refractivity contribution in [2.75, 3.05) is 13.1 Å². The maximum absolute atomic E-state index is 12.6. The van der Waals surface area contributed by atoms with Crippen LogP contribution in [-0.2, 0) is 9.53 Å². The molecule has 0 spiro atoms. The highest BCUT2D eigenvalue weighted by atomic mass is 16.5. The Balaban J connectivity index is 1.76. The predicted octanol–water partition coefficient (Wildman–Crippen LogP) is 1.19. The second-order valence-corrected chi connectivity index (χ2v) is 5.48. The van der Waals surface area contributed by atoms with E-state index in [4.69, 9.17) is 9.84 Å². The molecule has 0 bridgehead atoms. The van der Waals surface area contributed by atoms with Gasteiger partial charge in [0.05, 0.1) is 18.3 Å². The predicted molar refractivity (Wildman–Crippen MR) is 81.4 cm³/mol. The van der Waals surface area contributed by atoms with E-state index in [0.717, 1.165) is 5.69 Å². The fourth-order valence-corrected chi connectivity index (χ4v) is 2.61.